The van der Waals surface area contributed by atoms with Gasteiger partial charge in [0.15, 0.2) is 6.61 Å². The Bertz CT molecular complexity index is 944. The summed E-state index contributed by atoms with van der Waals surface area (Å²) in [5.74, 6) is -1.20. The summed E-state index contributed by atoms with van der Waals surface area (Å²) in [6.45, 7) is -0.370. The minimum atomic E-state index is -0.573. The molecular weight excluding hydrogens is 376 g/mol. The van der Waals surface area contributed by atoms with Gasteiger partial charge in [-0.15, -0.1) is 11.8 Å². The Labute approximate surface area is 167 Å². The van der Waals surface area contributed by atoms with Crippen LogP contribution in [0.1, 0.15) is 24.0 Å². The topological polar surface area (TPSA) is 84.5 Å². The number of ether oxygens (including phenoxy) is 1. The van der Waals surface area contributed by atoms with E-state index < -0.39 is 17.1 Å². The number of nitrogens with one attached hydrogen (secondary N) is 2. The zero-order valence-corrected chi connectivity index (χ0v) is 16.0. The van der Waals surface area contributed by atoms with E-state index >= 15 is 0 Å². The SMILES string of the molecule is O=C(COC(=O)CC1Sc2ccccc2NC1=O)Nc1ccc2c(c1)CCC2. The summed E-state index contributed by atoms with van der Waals surface area (Å²) in [5.41, 5.74) is 4.04. The van der Waals surface area contributed by atoms with E-state index in [0.717, 1.165) is 29.8 Å². The van der Waals surface area contributed by atoms with Gasteiger partial charge in [0.05, 0.1) is 17.4 Å². The van der Waals surface area contributed by atoms with Crippen LogP contribution >= 0.6 is 11.8 Å². The highest BCUT2D eigenvalue weighted by Gasteiger charge is 2.29. The average molecular weight is 396 g/mol. The molecule has 1 aliphatic carbocycles. The number of fused-ring (bicyclic) bond motifs is 2. The summed E-state index contributed by atoms with van der Waals surface area (Å²) in [5, 5.41) is 4.97. The molecule has 7 heteroatoms. The van der Waals surface area contributed by atoms with Crippen molar-refractivity contribution >= 4 is 40.9 Å². The fourth-order valence-electron chi connectivity index (χ4n) is 3.43. The molecule has 0 saturated carbocycles. The molecule has 2 aromatic carbocycles. The molecule has 4 rings (SSSR count). The number of esters is 1. The van der Waals surface area contributed by atoms with Gasteiger partial charge in [-0.1, -0.05) is 18.2 Å². The minimum Gasteiger partial charge on any atom is -0.456 e. The molecule has 28 heavy (non-hydrogen) atoms. The first-order valence-corrected chi connectivity index (χ1v) is 10.1. The van der Waals surface area contributed by atoms with Crippen LogP contribution in [0.4, 0.5) is 11.4 Å². The molecule has 1 heterocycles. The van der Waals surface area contributed by atoms with E-state index in [4.69, 9.17) is 4.74 Å². The predicted molar refractivity (Wildman–Crippen MR) is 107 cm³/mol. The van der Waals surface area contributed by atoms with E-state index in [1.54, 1.807) is 0 Å². The zero-order valence-electron chi connectivity index (χ0n) is 15.2. The summed E-state index contributed by atoms with van der Waals surface area (Å²) in [4.78, 5) is 37.2. The van der Waals surface area contributed by atoms with Crippen LogP contribution in [0.3, 0.4) is 0 Å². The highest BCUT2D eigenvalue weighted by molar-refractivity contribution is 8.01. The molecule has 1 unspecified atom stereocenters. The molecule has 6 nitrogen and oxygen atoms in total. The Kier molecular flexibility index (Phi) is 5.34. The van der Waals surface area contributed by atoms with Crippen molar-refractivity contribution in [3.05, 3.63) is 53.6 Å². The minimum absolute atomic E-state index is 0.0863. The van der Waals surface area contributed by atoms with Crippen molar-refractivity contribution in [2.75, 3.05) is 17.2 Å². The van der Waals surface area contributed by atoms with Crippen molar-refractivity contribution in [1.82, 2.24) is 0 Å². The predicted octanol–water partition coefficient (Wildman–Crippen LogP) is 3.16. The van der Waals surface area contributed by atoms with E-state index in [9.17, 15) is 14.4 Å². The zero-order chi connectivity index (χ0) is 19.5. The van der Waals surface area contributed by atoms with Crippen LogP contribution in [-0.2, 0) is 32.0 Å². The van der Waals surface area contributed by atoms with Crippen molar-refractivity contribution in [2.24, 2.45) is 0 Å². The molecule has 2 amide bonds. The smallest absolute Gasteiger partial charge is 0.307 e. The highest BCUT2D eigenvalue weighted by Crippen LogP contribution is 2.36. The number of thioether (sulfide) groups is 1. The molecule has 1 aliphatic heterocycles. The van der Waals surface area contributed by atoms with Crippen molar-refractivity contribution in [1.29, 1.82) is 0 Å². The number of hydrogen-bond acceptors (Lipinski definition) is 5. The van der Waals surface area contributed by atoms with Gasteiger partial charge in [0.25, 0.3) is 5.91 Å². The fourth-order valence-corrected chi connectivity index (χ4v) is 4.53. The normalized spacial score (nSPS) is 17.3. The van der Waals surface area contributed by atoms with Gasteiger partial charge in [0.1, 0.15) is 0 Å². The summed E-state index contributed by atoms with van der Waals surface area (Å²) in [7, 11) is 0. The lowest BCUT2D eigenvalue weighted by Crippen LogP contribution is -2.32. The Morgan fingerprint density at radius 2 is 1.96 bits per heavy atom. The van der Waals surface area contributed by atoms with Crippen LogP contribution in [0.15, 0.2) is 47.4 Å². The second-order valence-electron chi connectivity index (χ2n) is 6.84. The van der Waals surface area contributed by atoms with Crippen LogP contribution < -0.4 is 10.6 Å². The largest absolute Gasteiger partial charge is 0.456 e. The molecule has 0 saturated heterocycles. The number of carbonyl (C=O) groups excluding carboxylic acids is 3. The molecule has 0 spiro atoms. The number of rotatable bonds is 5. The van der Waals surface area contributed by atoms with Crippen LogP contribution in [0.25, 0.3) is 0 Å². The maximum atomic E-state index is 12.1. The van der Waals surface area contributed by atoms with Crippen molar-refractivity contribution in [2.45, 2.75) is 35.8 Å². The third-order valence-corrected chi connectivity index (χ3v) is 6.08. The van der Waals surface area contributed by atoms with Crippen LogP contribution in [0, 0.1) is 0 Å². The monoisotopic (exact) mass is 396 g/mol. The molecule has 144 valence electrons. The maximum absolute atomic E-state index is 12.1. The second-order valence-corrected chi connectivity index (χ2v) is 8.09. The van der Waals surface area contributed by atoms with Crippen molar-refractivity contribution in [3.8, 4) is 0 Å². The molecule has 0 aromatic heterocycles. The third-order valence-electron chi connectivity index (χ3n) is 4.81. The van der Waals surface area contributed by atoms with Gasteiger partial charge in [-0.3, -0.25) is 14.4 Å². The standard InChI is InChI=1S/C21H20N2O4S/c24-19(22-15-9-8-13-4-3-5-14(13)10-15)12-27-20(25)11-18-21(26)23-16-6-1-2-7-17(16)28-18/h1-2,6-10,18H,3-5,11-12H2,(H,22,24)(H,23,26). The summed E-state index contributed by atoms with van der Waals surface area (Å²) in [6, 6.07) is 13.3. The lowest BCUT2D eigenvalue weighted by Gasteiger charge is -2.23. The Hall–Kier alpha value is -2.80. The molecule has 0 bridgehead atoms. The van der Waals surface area contributed by atoms with E-state index in [-0.39, 0.29) is 18.9 Å². The molecule has 0 fully saturated rings. The number of hydrogen-bond donors (Lipinski definition) is 2. The van der Waals surface area contributed by atoms with Crippen LogP contribution in [-0.4, -0.2) is 29.6 Å². The molecule has 0 radical (unpaired) electrons. The number of para-hydroxylation sites is 1. The van der Waals surface area contributed by atoms with Crippen LogP contribution in [0.2, 0.25) is 0 Å². The van der Waals surface area contributed by atoms with Gasteiger partial charge < -0.3 is 15.4 Å². The maximum Gasteiger partial charge on any atom is 0.307 e. The molecule has 2 aliphatic rings. The van der Waals surface area contributed by atoms with Gasteiger partial charge in [-0.2, -0.15) is 0 Å². The van der Waals surface area contributed by atoms with E-state index in [1.807, 2.05) is 42.5 Å². The molecule has 2 aromatic rings. The van der Waals surface area contributed by atoms with Crippen molar-refractivity contribution < 1.29 is 19.1 Å². The summed E-state index contributed by atoms with van der Waals surface area (Å²) >= 11 is 1.33. The fraction of sp³-hybridized carbons (Fsp3) is 0.286. The quantitative estimate of drug-likeness (QED) is 0.759. The number of anilines is 2. The van der Waals surface area contributed by atoms with Gasteiger partial charge in [-0.25, -0.2) is 0 Å². The molecular formula is C21H20N2O4S. The van der Waals surface area contributed by atoms with Crippen LogP contribution in [0.5, 0.6) is 0 Å². The third kappa shape index (κ3) is 4.20. The second kappa shape index (κ2) is 8.06. The first-order valence-electron chi connectivity index (χ1n) is 9.22. The van der Waals surface area contributed by atoms with Gasteiger partial charge >= 0.3 is 5.97 Å². The lowest BCUT2D eigenvalue weighted by molar-refractivity contribution is -0.147. The number of carbonyl (C=O) groups is 3. The van der Waals surface area contributed by atoms with Gasteiger partial charge in [0, 0.05) is 10.6 Å². The Morgan fingerprint density at radius 1 is 1.14 bits per heavy atom. The Morgan fingerprint density at radius 3 is 2.86 bits per heavy atom. The number of benzene rings is 2. The number of aryl methyl sites for hydroxylation is 2. The first kappa shape index (κ1) is 18.6. The summed E-state index contributed by atoms with van der Waals surface area (Å²) < 4.78 is 5.06. The lowest BCUT2D eigenvalue weighted by atomic mass is 10.1. The first-order chi connectivity index (χ1) is 13.6. The Balaban J connectivity index is 1.26. The molecule has 1 atom stereocenters. The van der Waals surface area contributed by atoms with E-state index in [2.05, 4.69) is 10.6 Å². The van der Waals surface area contributed by atoms with E-state index in [0.29, 0.717) is 5.69 Å². The summed E-state index contributed by atoms with van der Waals surface area (Å²) in [6.07, 6.45) is 3.16. The highest BCUT2D eigenvalue weighted by atomic mass is 32.2. The van der Waals surface area contributed by atoms with Crippen molar-refractivity contribution in [3.63, 3.8) is 0 Å². The molecule has 2 N–H and O–H groups in total. The average Bonchev–Trinajstić information content (AvgIpc) is 3.15. The number of amides is 2. The van der Waals surface area contributed by atoms with E-state index in [1.165, 1.54) is 22.9 Å². The van der Waals surface area contributed by atoms with Gasteiger partial charge in [0.2, 0.25) is 5.91 Å². The van der Waals surface area contributed by atoms with Gasteiger partial charge in [-0.05, 0) is 54.7 Å².